The molecule has 1 aromatic heterocycles. The molecule has 0 bridgehead atoms. The number of hydrogen-bond acceptors (Lipinski definition) is 3. The number of aliphatic hydroxyl groups is 1. The Balaban J connectivity index is 1.78. The Bertz CT molecular complexity index is 773. The van der Waals surface area contributed by atoms with Crippen LogP contribution in [0.1, 0.15) is 12.8 Å². The first-order valence-corrected chi connectivity index (χ1v) is 7.81. The zero-order valence-electron chi connectivity index (χ0n) is 12.5. The molecule has 1 unspecified atom stereocenters. The molecule has 1 aliphatic heterocycles. The Kier molecular flexibility index (Phi) is 4.04. The molecule has 1 aliphatic rings. The van der Waals surface area contributed by atoms with Crippen LogP contribution in [0, 0.1) is 0 Å². The Hall–Kier alpha value is -2.05. The molecule has 23 heavy (non-hydrogen) atoms. The minimum absolute atomic E-state index is 0.0544. The monoisotopic (exact) mass is 335 g/mol. The molecule has 122 valence electrons. The molecule has 0 aliphatic carbocycles. The molecule has 2 aromatic rings. The second-order valence-electron chi connectivity index (χ2n) is 5.96. The van der Waals surface area contributed by atoms with Gasteiger partial charge in [-0.3, -0.25) is 9.59 Å². The highest BCUT2D eigenvalue weighted by molar-refractivity contribution is 6.31. The number of aromatic nitrogens is 1. The number of β-amino-alcohol motifs (C(OH)–C–C–N with tert-alkyl or cyclic N) is 1. The average Bonchev–Trinajstić information content (AvgIpc) is 2.89. The van der Waals surface area contributed by atoms with Gasteiger partial charge in [0, 0.05) is 23.3 Å². The number of primary amides is 1. The maximum Gasteiger partial charge on any atom is 0.251 e. The molecule has 2 heterocycles. The van der Waals surface area contributed by atoms with E-state index in [1.807, 2.05) is 22.9 Å². The SMILES string of the molecule is NC(=O)C1(O)CCCN(C(=O)Cn2ccc3ccc(Cl)cc32)C1. The van der Waals surface area contributed by atoms with Crippen molar-refractivity contribution in [3.05, 3.63) is 35.5 Å². The molecule has 1 saturated heterocycles. The van der Waals surface area contributed by atoms with E-state index in [2.05, 4.69) is 0 Å². The number of carbonyl (C=O) groups excluding carboxylic acids is 2. The minimum Gasteiger partial charge on any atom is -0.378 e. The Morgan fingerprint density at radius 3 is 2.87 bits per heavy atom. The predicted molar refractivity (Wildman–Crippen MR) is 86.9 cm³/mol. The maximum atomic E-state index is 12.5. The van der Waals surface area contributed by atoms with Crippen molar-refractivity contribution in [2.75, 3.05) is 13.1 Å². The van der Waals surface area contributed by atoms with Crippen molar-refractivity contribution in [2.45, 2.75) is 25.0 Å². The quantitative estimate of drug-likeness (QED) is 0.881. The third-order valence-electron chi connectivity index (χ3n) is 4.32. The molecule has 3 N–H and O–H groups in total. The summed E-state index contributed by atoms with van der Waals surface area (Å²) in [5.74, 6) is -0.949. The topological polar surface area (TPSA) is 88.6 Å². The summed E-state index contributed by atoms with van der Waals surface area (Å²) in [6.45, 7) is 0.578. The summed E-state index contributed by atoms with van der Waals surface area (Å²) in [4.78, 5) is 25.4. The van der Waals surface area contributed by atoms with Crippen LogP contribution in [-0.4, -0.2) is 45.1 Å². The van der Waals surface area contributed by atoms with Gasteiger partial charge < -0.3 is 20.3 Å². The highest BCUT2D eigenvalue weighted by atomic mass is 35.5. The van der Waals surface area contributed by atoms with Gasteiger partial charge in [-0.2, -0.15) is 0 Å². The summed E-state index contributed by atoms with van der Waals surface area (Å²) in [6.07, 6.45) is 2.65. The molecule has 1 fully saturated rings. The number of benzene rings is 1. The van der Waals surface area contributed by atoms with Gasteiger partial charge in [0.15, 0.2) is 5.60 Å². The molecule has 1 atom stereocenters. The van der Waals surface area contributed by atoms with Crippen LogP contribution in [0.5, 0.6) is 0 Å². The molecular weight excluding hydrogens is 318 g/mol. The van der Waals surface area contributed by atoms with Gasteiger partial charge in [-0.1, -0.05) is 17.7 Å². The highest BCUT2D eigenvalue weighted by Crippen LogP contribution is 2.23. The lowest BCUT2D eigenvalue weighted by molar-refractivity contribution is -0.149. The van der Waals surface area contributed by atoms with Crippen molar-refractivity contribution >= 4 is 34.3 Å². The van der Waals surface area contributed by atoms with Crippen LogP contribution < -0.4 is 5.73 Å². The van der Waals surface area contributed by atoms with E-state index in [0.29, 0.717) is 18.0 Å². The van der Waals surface area contributed by atoms with E-state index in [0.717, 1.165) is 10.9 Å². The number of piperidine rings is 1. The van der Waals surface area contributed by atoms with E-state index in [-0.39, 0.29) is 25.4 Å². The third-order valence-corrected chi connectivity index (χ3v) is 4.56. The first-order valence-electron chi connectivity index (χ1n) is 7.43. The molecule has 2 amide bonds. The number of halogens is 1. The van der Waals surface area contributed by atoms with Crippen LogP contribution >= 0.6 is 11.6 Å². The second-order valence-corrected chi connectivity index (χ2v) is 6.40. The Morgan fingerprint density at radius 1 is 1.35 bits per heavy atom. The largest absolute Gasteiger partial charge is 0.378 e. The van der Waals surface area contributed by atoms with Crippen molar-refractivity contribution in [3.8, 4) is 0 Å². The smallest absolute Gasteiger partial charge is 0.251 e. The molecule has 3 rings (SSSR count). The molecule has 7 heteroatoms. The van der Waals surface area contributed by atoms with Gasteiger partial charge in [-0.25, -0.2) is 0 Å². The Morgan fingerprint density at radius 2 is 2.13 bits per heavy atom. The lowest BCUT2D eigenvalue weighted by Gasteiger charge is -2.37. The van der Waals surface area contributed by atoms with Crippen molar-refractivity contribution in [2.24, 2.45) is 5.73 Å². The van der Waals surface area contributed by atoms with Crippen LogP contribution in [0.25, 0.3) is 10.9 Å². The number of likely N-dealkylation sites (tertiary alicyclic amines) is 1. The van der Waals surface area contributed by atoms with Gasteiger partial charge in [-0.05, 0) is 36.4 Å². The molecule has 6 nitrogen and oxygen atoms in total. The number of nitrogens with two attached hydrogens (primary N) is 1. The number of nitrogens with zero attached hydrogens (tertiary/aromatic N) is 2. The number of fused-ring (bicyclic) bond motifs is 1. The molecule has 0 radical (unpaired) electrons. The molecule has 0 saturated carbocycles. The fraction of sp³-hybridized carbons (Fsp3) is 0.375. The van der Waals surface area contributed by atoms with Gasteiger partial charge in [0.25, 0.3) is 5.91 Å². The first kappa shape index (κ1) is 15.8. The van der Waals surface area contributed by atoms with Crippen LogP contribution in [0.3, 0.4) is 0 Å². The van der Waals surface area contributed by atoms with Crippen LogP contribution in [0.15, 0.2) is 30.5 Å². The lowest BCUT2D eigenvalue weighted by Crippen LogP contribution is -2.57. The summed E-state index contributed by atoms with van der Waals surface area (Å²) < 4.78 is 1.81. The van der Waals surface area contributed by atoms with Crippen molar-refractivity contribution < 1.29 is 14.7 Å². The van der Waals surface area contributed by atoms with E-state index in [1.165, 1.54) is 4.90 Å². The maximum absolute atomic E-state index is 12.5. The number of rotatable bonds is 3. The highest BCUT2D eigenvalue weighted by Gasteiger charge is 2.40. The third kappa shape index (κ3) is 3.04. The van der Waals surface area contributed by atoms with E-state index >= 15 is 0 Å². The van der Waals surface area contributed by atoms with Crippen LogP contribution in [0.2, 0.25) is 5.02 Å². The summed E-state index contributed by atoms with van der Waals surface area (Å²) in [6, 6.07) is 7.41. The van der Waals surface area contributed by atoms with E-state index < -0.39 is 11.5 Å². The van der Waals surface area contributed by atoms with Gasteiger partial charge in [0.1, 0.15) is 6.54 Å². The van der Waals surface area contributed by atoms with Gasteiger partial charge in [0.2, 0.25) is 5.91 Å². The molecule has 1 aromatic carbocycles. The molecular formula is C16H18ClN3O3. The fourth-order valence-corrected chi connectivity index (χ4v) is 3.16. The van der Waals surface area contributed by atoms with Crippen LogP contribution in [0.4, 0.5) is 0 Å². The summed E-state index contributed by atoms with van der Waals surface area (Å²) >= 11 is 6.01. The van der Waals surface area contributed by atoms with Gasteiger partial charge in [0.05, 0.1) is 6.54 Å². The zero-order chi connectivity index (χ0) is 16.6. The Labute approximate surface area is 138 Å². The summed E-state index contributed by atoms with van der Waals surface area (Å²) in [5, 5.41) is 11.8. The normalized spacial score (nSPS) is 21.6. The van der Waals surface area contributed by atoms with Crippen molar-refractivity contribution in [3.63, 3.8) is 0 Å². The number of amides is 2. The van der Waals surface area contributed by atoms with Crippen molar-refractivity contribution in [1.29, 1.82) is 0 Å². The standard InChI is InChI=1S/C16H18ClN3O3/c17-12-3-2-11-4-7-19(13(11)8-12)9-14(21)20-6-1-5-16(23,10-20)15(18)22/h2-4,7-8,23H,1,5-6,9-10H2,(H2,18,22). The minimum atomic E-state index is -1.63. The van der Waals surface area contributed by atoms with E-state index in [1.54, 1.807) is 12.1 Å². The summed E-state index contributed by atoms with van der Waals surface area (Å²) in [5.41, 5.74) is 4.48. The fourth-order valence-electron chi connectivity index (χ4n) is 2.99. The first-order chi connectivity index (χ1) is 10.9. The van der Waals surface area contributed by atoms with Crippen LogP contribution in [-0.2, 0) is 16.1 Å². The second kappa shape index (κ2) is 5.86. The lowest BCUT2D eigenvalue weighted by atomic mass is 9.92. The van der Waals surface area contributed by atoms with Crippen molar-refractivity contribution in [1.82, 2.24) is 9.47 Å². The number of hydrogen-bond donors (Lipinski definition) is 2. The van der Waals surface area contributed by atoms with E-state index in [9.17, 15) is 14.7 Å². The average molecular weight is 336 g/mol. The van der Waals surface area contributed by atoms with Gasteiger partial charge >= 0.3 is 0 Å². The molecule has 0 spiro atoms. The van der Waals surface area contributed by atoms with Gasteiger partial charge in [-0.15, -0.1) is 0 Å². The number of carbonyl (C=O) groups is 2. The van der Waals surface area contributed by atoms with E-state index in [4.69, 9.17) is 17.3 Å². The zero-order valence-corrected chi connectivity index (χ0v) is 13.3. The summed E-state index contributed by atoms with van der Waals surface area (Å²) in [7, 11) is 0. The predicted octanol–water partition coefficient (Wildman–Crippen LogP) is 1.13.